The molecule has 0 aliphatic heterocycles. The number of ether oxygens (including phenoxy) is 4. The zero-order valence-electron chi connectivity index (χ0n) is 31.3. The molecule has 0 radical (unpaired) electrons. The van der Waals surface area contributed by atoms with Gasteiger partial charge in [-0.25, -0.2) is 0 Å². The summed E-state index contributed by atoms with van der Waals surface area (Å²) in [5.41, 5.74) is 16.7. The molecule has 4 fully saturated rings. The third kappa shape index (κ3) is 9.21. The first-order chi connectivity index (χ1) is 23.9. The third-order valence-corrected chi connectivity index (χ3v) is 13.4. The lowest BCUT2D eigenvalue weighted by molar-refractivity contribution is -0.225. The van der Waals surface area contributed by atoms with Gasteiger partial charge in [-0.05, 0) is 92.8 Å². The van der Waals surface area contributed by atoms with Crippen LogP contribution in [-0.4, -0.2) is 68.4 Å². The molecule has 4 saturated carbocycles. The average molecular weight is 706 g/mol. The highest BCUT2D eigenvalue weighted by Crippen LogP contribution is 2.69. The van der Waals surface area contributed by atoms with Gasteiger partial charge < -0.3 is 36.1 Å². The third-order valence-electron chi connectivity index (χ3n) is 13.4. The number of nitrogens with two attached hydrogens (primary N) is 3. The van der Waals surface area contributed by atoms with E-state index < -0.39 is 0 Å². The highest BCUT2D eigenvalue weighted by molar-refractivity contribution is 5.71. The molecule has 6 N–H and O–H groups in total. The van der Waals surface area contributed by atoms with Crippen LogP contribution in [-0.2, 0) is 38.1 Å². The molecule has 50 heavy (non-hydrogen) atoms. The number of fused-ring (bicyclic) bond motifs is 5. The maximum absolute atomic E-state index is 13.2. The maximum atomic E-state index is 13.2. The number of hydrogen-bond acceptors (Lipinski definition) is 11. The number of unbranched alkanes of at least 4 members (excludes halogenated alkanes) is 3. The van der Waals surface area contributed by atoms with Crippen molar-refractivity contribution in [2.75, 3.05) is 26.2 Å². The molecule has 0 aromatic heterocycles. The SMILES string of the molecule is CCCCCCOC(=O)CC[C@@H](C)[C@H]1CC[C@H]2C3[C@H](OC(=O)CCN)CC4C[C@H](OC(=O)CCN)CC[C@]4(C)[C@H]3C[C@H](OC(=O)CCN)C12C. The van der Waals surface area contributed by atoms with Crippen molar-refractivity contribution in [3.63, 3.8) is 0 Å². The number of carbonyl (C=O) groups excluding carboxylic acids is 4. The molecule has 0 aromatic rings. The van der Waals surface area contributed by atoms with Crippen LogP contribution in [0.4, 0.5) is 0 Å². The second kappa shape index (κ2) is 18.5. The lowest BCUT2D eigenvalue weighted by Gasteiger charge is -2.64. The number of hydrogen-bond donors (Lipinski definition) is 3. The molecule has 11 heteroatoms. The van der Waals surface area contributed by atoms with Gasteiger partial charge in [-0.1, -0.05) is 47.0 Å². The molecule has 4 aliphatic rings. The molecule has 0 aromatic carbocycles. The monoisotopic (exact) mass is 705 g/mol. The van der Waals surface area contributed by atoms with Crippen LogP contribution < -0.4 is 17.2 Å². The predicted octanol–water partition coefficient (Wildman–Crippen LogP) is 5.19. The van der Waals surface area contributed by atoms with Gasteiger partial charge in [0.2, 0.25) is 0 Å². The minimum absolute atomic E-state index is 0.0917. The number of esters is 4. The minimum Gasteiger partial charge on any atom is -0.466 e. The maximum Gasteiger partial charge on any atom is 0.307 e. The molecule has 0 saturated heterocycles. The zero-order chi connectivity index (χ0) is 36.5. The Morgan fingerprint density at radius 1 is 0.740 bits per heavy atom. The summed E-state index contributed by atoms with van der Waals surface area (Å²) in [7, 11) is 0. The van der Waals surface area contributed by atoms with Gasteiger partial charge in [0.05, 0.1) is 25.9 Å². The highest BCUT2D eigenvalue weighted by Gasteiger charge is 2.67. The Bertz CT molecular complexity index is 1150. The van der Waals surface area contributed by atoms with Crippen LogP contribution in [0.15, 0.2) is 0 Å². The number of carbonyl (C=O) groups is 4. The van der Waals surface area contributed by atoms with E-state index in [1.54, 1.807) is 0 Å². The molecular weight excluding hydrogens is 638 g/mol. The average Bonchev–Trinajstić information content (AvgIpc) is 3.43. The standard InChI is InChI=1S/C39H67N3O8/c1-5-6-7-8-21-47-33(43)12-9-25(2)28-10-11-29-37-30(24-32(39(28,29)4)50-36(46)16-20-42)38(3)17-13-27(48-34(44)14-18-40)22-26(38)23-31(37)49-35(45)15-19-41/h25-32,37H,5-24,40-42H2,1-4H3/t25-,26?,27-,28-,29+,30+,31-,32+,37?,38+,39?/m1/s1. The van der Waals surface area contributed by atoms with Crippen LogP contribution in [0.1, 0.15) is 130 Å². The van der Waals surface area contributed by atoms with E-state index in [9.17, 15) is 19.2 Å². The summed E-state index contributed by atoms with van der Waals surface area (Å²) in [4.78, 5) is 51.4. The molecule has 0 bridgehead atoms. The summed E-state index contributed by atoms with van der Waals surface area (Å²) < 4.78 is 24.2. The van der Waals surface area contributed by atoms with Gasteiger partial charge in [0.25, 0.3) is 0 Å². The van der Waals surface area contributed by atoms with E-state index in [1.807, 2.05) is 0 Å². The van der Waals surface area contributed by atoms with Crippen LogP contribution in [0.25, 0.3) is 0 Å². The van der Waals surface area contributed by atoms with E-state index in [4.69, 9.17) is 36.1 Å². The first-order valence-corrected chi connectivity index (χ1v) is 19.8. The molecule has 286 valence electrons. The lowest BCUT2D eigenvalue weighted by atomic mass is 9.43. The Kier molecular flexibility index (Phi) is 15.0. The smallest absolute Gasteiger partial charge is 0.307 e. The Morgan fingerprint density at radius 3 is 2.06 bits per heavy atom. The van der Waals surface area contributed by atoms with Crippen molar-refractivity contribution in [2.24, 2.45) is 63.5 Å². The molecule has 4 rings (SSSR count). The van der Waals surface area contributed by atoms with E-state index in [1.165, 1.54) is 0 Å². The summed E-state index contributed by atoms with van der Waals surface area (Å²) in [5.74, 6) is -0.00890. The lowest BCUT2D eigenvalue weighted by Crippen LogP contribution is -2.63. The van der Waals surface area contributed by atoms with Crippen molar-refractivity contribution < 1.29 is 38.1 Å². The van der Waals surface area contributed by atoms with Crippen molar-refractivity contribution >= 4 is 23.9 Å². The van der Waals surface area contributed by atoms with Gasteiger partial charge in [0.15, 0.2) is 0 Å². The van der Waals surface area contributed by atoms with Crippen LogP contribution in [0.3, 0.4) is 0 Å². The van der Waals surface area contributed by atoms with E-state index in [-0.39, 0.29) is 127 Å². The fourth-order valence-electron chi connectivity index (χ4n) is 10.8. The summed E-state index contributed by atoms with van der Waals surface area (Å²) in [6, 6.07) is 0. The Labute approximate surface area is 300 Å². The van der Waals surface area contributed by atoms with Gasteiger partial charge in [0.1, 0.15) is 18.3 Å². The fraction of sp³-hybridized carbons (Fsp3) is 0.897. The van der Waals surface area contributed by atoms with Crippen LogP contribution in [0.5, 0.6) is 0 Å². The van der Waals surface area contributed by atoms with Crippen molar-refractivity contribution in [3.05, 3.63) is 0 Å². The summed E-state index contributed by atoms with van der Waals surface area (Å²) in [6.07, 6.45) is 10.6. The molecule has 0 spiro atoms. The molecule has 3 unspecified atom stereocenters. The Hall–Kier alpha value is -2.24. The highest BCUT2D eigenvalue weighted by atomic mass is 16.6. The summed E-state index contributed by atoms with van der Waals surface area (Å²) >= 11 is 0. The fourth-order valence-corrected chi connectivity index (χ4v) is 10.8. The Balaban J connectivity index is 1.61. The van der Waals surface area contributed by atoms with E-state index in [2.05, 4.69) is 27.7 Å². The van der Waals surface area contributed by atoms with Crippen molar-refractivity contribution in [1.29, 1.82) is 0 Å². The molecule has 0 amide bonds. The predicted molar refractivity (Wildman–Crippen MR) is 190 cm³/mol. The quantitative estimate of drug-likeness (QED) is 0.0970. The topological polar surface area (TPSA) is 183 Å². The summed E-state index contributed by atoms with van der Waals surface area (Å²) in [6.45, 7) is 10.2. The van der Waals surface area contributed by atoms with Crippen molar-refractivity contribution in [2.45, 2.75) is 149 Å². The summed E-state index contributed by atoms with van der Waals surface area (Å²) in [5, 5.41) is 0. The molecule has 11 nitrogen and oxygen atoms in total. The zero-order valence-corrected chi connectivity index (χ0v) is 31.3. The van der Waals surface area contributed by atoms with Crippen LogP contribution in [0.2, 0.25) is 0 Å². The van der Waals surface area contributed by atoms with Crippen LogP contribution >= 0.6 is 0 Å². The molecule has 0 heterocycles. The first-order valence-electron chi connectivity index (χ1n) is 19.8. The van der Waals surface area contributed by atoms with Gasteiger partial charge >= 0.3 is 23.9 Å². The number of rotatable bonds is 18. The van der Waals surface area contributed by atoms with Gasteiger partial charge in [-0.2, -0.15) is 0 Å². The molecular formula is C39H67N3O8. The van der Waals surface area contributed by atoms with Crippen LogP contribution in [0, 0.1) is 46.3 Å². The van der Waals surface area contributed by atoms with Crippen molar-refractivity contribution in [1.82, 2.24) is 0 Å². The normalized spacial score (nSPS) is 35.2. The first kappa shape index (κ1) is 40.5. The van der Waals surface area contributed by atoms with Gasteiger partial charge in [-0.15, -0.1) is 0 Å². The van der Waals surface area contributed by atoms with E-state index in [0.717, 1.165) is 51.4 Å². The molecule has 11 atom stereocenters. The second-order valence-corrected chi connectivity index (χ2v) is 16.3. The Morgan fingerprint density at radius 2 is 1.40 bits per heavy atom. The van der Waals surface area contributed by atoms with Gasteiger partial charge in [-0.3, -0.25) is 19.2 Å². The minimum atomic E-state index is -0.369. The largest absolute Gasteiger partial charge is 0.466 e. The second-order valence-electron chi connectivity index (χ2n) is 16.3. The van der Waals surface area contributed by atoms with E-state index >= 15 is 0 Å². The van der Waals surface area contributed by atoms with Crippen molar-refractivity contribution in [3.8, 4) is 0 Å². The van der Waals surface area contributed by atoms with Gasteiger partial charge in [0, 0.05) is 37.4 Å². The molecule has 4 aliphatic carbocycles. The van der Waals surface area contributed by atoms with E-state index in [0.29, 0.717) is 38.7 Å².